The van der Waals surface area contributed by atoms with E-state index in [1.807, 2.05) is 6.92 Å². The Balaban J connectivity index is 2.31. The van der Waals surface area contributed by atoms with E-state index in [-0.39, 0.29) is 18.0 Å². The quantitative estimate of drug-likeness (QED) is 0.735. The molecule has 1 aliphatic heterocycles. The Labute approximate surface area is 97.9 Å². The third kappa shape index (κ3) is 4.10. The van der Waals surface area contributed by atoms with Crippen LogP contribution in [0.2, 0.25) is 0 Å². The molecule has 0 bridgehead atoms. The fourth-order valence-corrected chi connectivity index (χ4v) is 2.01. The van der Waals surface area contributed by atoms with Crippen LogP contribution in [-0.2, 0) is 9.53 Å². The zero-order chi connectivity index (χ0) is 12.1. The highest BCUT2D eigenvalue weighted by atomic mass is 16.5. The molecule has 3 N–H and O–H groups in total. The number of hydrogen-bond donors (Lipinski definition) is 2. The smallest absolute Gasteiger partial charge is 0.237 e. The summed E-state index contributed by atoms with van der Waals surface area (Å²) in [5.41, 5.74) is 5.82. The minimum atomic E-state index is -0.384. The van der Waals surface area contributed by atoms with Gasteiger partial charge in [-0.25, -0.2) is 0 Å². The van der Waals surface area contributed by atoms with E-state index in [4.69, 9.17) is 10.5 Å². The average molecular weight is 228 g/mol. The van der Waals surface area contributed by atoms with Crippen molar-refractivity contribution >= 4 is 5.91 Å². The molecule has 0 spiro atoms. The van der Waals surface area contributed by atoms with E-state index in [2.05, 4.69) is 19.2 Å². The highest BCUT2D eigenvalue weighted by Crippen LogP contribution is 2.16. The lowest BCUT2D eigenvalue weighted by molar-refractivity contribution is -0.123. The minimum absolute atomic E-state index is 0.0342. The first-order valence-corrected chi connectivity index (χ1v) is 6.14. The Morgan fingerprint density at radius 2 is 2.19 bits per heavy atom. The third-order valence-electron chi connectivity index (χ3n) is 3.10. The molecule has 1 saturated heterocycles. The molecule has 94 valence electrons. The predicted octanol–water partition coefficient (Wildman–Crippen LogP) is 0.901. The van der Waals surface area contributed by atoms with Crippen LogP contribution in [0.3, 0.4) is 0 Å². The maximum absolute atomic E-state index is 11.8. The lowest BCUT2D eigenvalue weighted by Gasteiger charge is -2.22. The normalized spacial score (nSPS) is 24.4. The van der Waals surface area contributed by atoms with Crippen molar-refractivity contribution < 1.29 is 9.53 Å². The molecule has 3 unspecified atom stereocenters. The number of nitrogens with one attached hydrogen (secondary N) is 1. The van der Waals surface area contributed by atoms with E-state index < -0.39 is 0 Å². The summed E-state index contributed by atoms with van der Waals surface area (Å²) in [7, 11) is 0. The fourth-order valence-electron chi connectivity index (χ4n) is 2.01. The van der Waals surface area contributed by atoms with Gasteiger partial charge in [-0.3, -0.25) is 4.79 Å². The van der Waals surface area contributed by atoms with Gasteiger partial charge in [-0.2, -0.15) is 0 Å². The van der Waals surface area contributed by atoms with Crippen LogP contribution in [0.4, 0.5) is 0 Å². The molecule has 0 saturated carbocycles. The van der Waals surface area contributed by atoms with Gasteiger partial charge in [0, 0.05) is 18.6 Å². The molecule has 1 aliphatic rings. The van der Waals surface area contributed by atoms with Gasteiger partial charge >= 0.3 is 0 Å². The molecule has 4 nitrogen and oxygen atoms in total. The fraction of sp³-hybridized carbons (Fsp3) is 0.917. The number of carbonyl (C=O) groups is 1. The zero-order valence-corrected chi connectivity index (χ0v) is 10.5. The summed E-state index contributed by atoms with van der Waals surface area (Å²) in [5, 5.41) is 2.98. The van der Waals surface area contributed by atoms with Gasteiger partial charge in [0.15, 0.2) is 0 Å². The lowest BCUT2D eigenvalue weighted by Crippen LogP contribution is -2.47. The Hall–Kier alpha value is -0.610. The largest absolute Gasteiger partial charge is 0.381 e. The van der Waals surface area contributed by atoms with Crippen LogP contribution in [0, 0.1) is 11.8 Å². The Morgan fingerprint density at radius 3 is 2.69 bits per heavy atom. The Bertz CT molecular complexity index is 225. The van der Waals surface area contributed by atoms with Crippen molar-refractivity contribution in [2.24, 2.45) is 17.6 Å². The molecule has 0 aliphatic carbocycles. The van der Waals surface area contributed by atoms with Crippen LogP contribution in [-0.4, -0.2) is 31.2 Å². The van der Waals surface area contributed by atoms with Crippen molar-refractivity contribution in [1.29, 1.82) is 0 Å². The molecular weight excluding hydrogens is 204 g/mol. The molecule has 0 aromatic heterocycles. The number of carbonyl (C=O) groups excluding carboxylic acids is 1. The molecule has 0 aromatic rings. The topological polar surface area (TPSA) is 64.4 Å². The van der Waals surface area contributed by atoms with Gasteiger partial charge in [0.2, 0.25) is 5.91 Å². The van der Waals surface area contributed by atoms with E-state index in [1.54, 1.807) is 0 Å². The first-order chi connectivity index (χ1) is 7.50. The summed E-state index contributed by atoms with van der Waals surface area (Å²) in [6, 6.07) is -0.224. The number of ether oxygens (including phenoxy) is 1. The van der Waals surface area contributed by atoms with Gasteiger partial charge in [-0.05, 0) is 25.7 Å². The second-order valence-corrected chi connectivity index (χ2v) is 5.16. The highest BCUT2D eigenvalue weighted by molar-refractivity contribution is 5.81. The molecule has 1 rings (SSSR count). The Kier molecular flexibility index (Phi) is 5.22. The summed E-state index contributed by atoms with van der Waals surface area (Å²) in [5.74, 6) is 0.856. The van der Waals surface area contributed by atoms with E-state index in [0.29, 0.717) is 11.8 Å². The van der Waals surface area contributed by atoms with Gasteiger partial charge in [-0.15, -0.1) is 0 Å². The summed E-state index contributed by atoms with van der Waals surface area (Å²) in [4.78, 5) is 11.8. The first-order valence-electron chi connectivity index (χ1n) is 6.14. The standard InChI is InChI=1S/C12H24N2O2/c1-8(2)6-11(13)12(15)14-9(3)10-4-5-16-7-10/h8-11H,4-7,13H2,1-3H3,(H,14,15). The Morgan fingerprint density at radius 1 is 1.50 bits per heavy atom. The van der Waals surface area contributed by atoms with Crippen LogP contribution < -0.4 is 11.1 Å². The molecular formula is C12H24N2O2. The molecule has 3 atom stereocenters. The summed E-state index contributed by atoms with van der Waals surface area (Å²) in [6.45, 7) is 7.73. The summed E-state index contributed by atoms with van der Waals surface area (Å²) in [6.07, 6.45) is 1.76. The summed E-state index contributed by atoms with van der Waals surface area (Å²) >= 11 is 0. The van der Waals surface area contributed by atoms with Crippen molar-refractivity contribution in [1.82, 2.24) is 5.32 Å². The monoisotopic (exact) mass is 228 g/mol. The van der Waals surface area contributed by atoms with Gasteiger partial charge < -0.3 is 15.8 Å². The van der Waals surface area contributed by atoms with Crippen molar-refractivity contribution in [2.75, 3.05) is 13.2 Å². The predicted molar refractivity (Wildman–Crippen MR) is 64.0 cm³/mol. The molecule has 4 heteroatoms. The van der Waals surface area contributed by atoms with Gasteiger partial charge in [-0.1, -0.05) is 13.8 Å². The van der Waals surface area contributed by atoms with Crippen molar-refractivity contribution in [3.05, 3.63) is 0 Å². The van der Waals surface area contributed by atoms with E-state index in [0.717, 1.165) is 26.1 Å². The van der Waals surface area contributed by atoms with Gasteiger partial charge in [0.25, 0.3) is 0 Å². The summed E-state index contributed by atoms with van der Waals surface area (Å²) < 4.78 is 5.30. The van der Waals surface area contributed by atoms with E-state index in [1.165, 1.54) is 0 Å². The van der Waals surface area contributed by atoms with Gasteiger partial charge in [0.05, 0.1) is 12.6 Å². The molecule has 1 fully saturated rings. The van der Waals surface area contributed by atoms with Crippen molar-refractivity contribution in [3.8, 4) is 0 Å². The maximum atomic E-state index is 11.8. The van der Waals surface area contributed by atoms with E-state index >= 15 is 0 Å². The number of nitrogens with two attached hydrogens (primary N) is 1. The van der Waals surface area contributed by atoms with Gasteiger partial charge in [0.1, 0.15) is 0 Å². The van der Waals surface area contributed by atoms with Crippen molar-refractivity contribution in [3.63, 3.8) is 0 Å². The zero-order valence-electron chi connectivity index (χ0n) is 10.5. The number of amides is 1. The average Bonchev–Trinajstić information content (AvgIpc) is 2.68. The molecule has 16 heavy (non-hydrogen) atoms. The van der Waals surface area contributed by atoms with Crippen LogP contribution in [0.15, 0.2) is 0 Å². The lowest BCUT2D eigenvalue weighted by atomic mass is 9.99. The second kappa shape index (κ2) is 6.21. The first kappa shape index (κ1) is 13.5. The molecule has 0 aromatic carbocycles. The van der Waals surface area contributed by atoms with Crippen LogP contribution in [0.1, 0.15) is 33.6 Å². The van der Waals surface area contributed by atoms with Crippen molar-refractivity contribution in [2.45, 2.75) is 45.7 Å². The SMILES string of the molecule is CC(C)CC(N)C(=O)NC(C)C1CCOC1. The molecule has 1 heterocycles. The highest BCUT2D eigenvalue weighted by Gasteiger charge is 2.25. The molecule has 1 amide bonds. The minimum Gasteiger partial charge on any atom is -0.381 e. The third-order valence-corrected chi connectivity index (χ3v) is 3.10. The maximum Gasteiger partial charge on any atom is 0.237 e. The van der Waals surface area contributed by atoms with Crippen LogP contribution >= 0.6 is 0 Å². The number of hydrogen-bond acceptors (Lipinski definition) is 3. The second-order valence-electron chi connectivity index (χ2n) is 5.16. The van der Waals surface area contributed by atoms with E-state index in [9.17, 15) is 4.79 Å². The van der Waals surface area contributed by atoms with Crippen LogP contribution in [0.5, 0.6) is 0 Å². The number of rotatable bonds is 5. The van der Waals surface area contributed by atoms with Crippen LogP contribution in [0.25, 0.3) is 0 Å². The molecule has 0 radical (unpaired) electrons.